The molecule has 0 aliphatic heterocycles. The van der Waals surface area contributed by atoms with Crippen LogP contribution in [0.1, 0.15) is 25.0 Å². The van der Waals surface area contributed by atoms with Gasteiger partial charge in [-0.3, -0.25) is 4.79 Å². The maximum Gasteiger partial charge on any atom is 0.234 e. The minimum atomic E-state index is -0.382. The fourth-order valence-electron chi connectivity index (χ4n) is 1.85. The predicted molar refractivity (Wildman–Crippen MR) is 72.4 cm³/mol. The monoisotopic (exact) mass is 261 g/mol. The van der Waals surface area contributed by atoms with Crippen molar-refractivity contribution < 1.29 is 9.53 Å². The second kappa shape index (κ2) is 6.76. The molecule has 0 aliphatic rings. The Balaban J connectivity index is 2.78. The third-order valence-corrected chi connectivity index (χ3v) is 2.88. The smallest absolute Gasteiger partial charge is 0.234 e. The maximum absolute atomic E-state index is 11.3. The molecular weight excluding hydrogens is 242 g/mol. The van der Waals surface area contributed by atoms with Gasteiger partial charge in [0.05, 0.1) is 18.7 Å². The van der Waals surface area contributed by atoms with Gasteiger partial charge in [-0.2, -0.15) is 5.26 Å². The standard InChI is InChI=1S/C14H19N3O2/c1-9(2)13(14(16)18)17-8-10-4-5-12(19-3)11(6-10)7-15/h4-6,9,13,17H,8H2,1-3H3,(H2,16,18). The van der Waals surface area contributed by atoms with E-state index in [0.717, 1.165) is 5.56 Å². The summed E-state index contributed by atoms with van der Waals surface area (Å²) in [6.07, 6.45) is 0. The van der Waals surface area contributed by atoms with E-state index in [2.05, 4.69) is 11.4 Å². The molecule has 5 nitrogen and oxygen atoms in total. The van der Waals surface area contributed by atoms with Gasteiger partial charge in [0.15, 0.2) is 0 Å². The fourth-order valence-corrected chi connectivity index (χ4v) is 1.85. The topological polar surface area (TPSA) is 88.1 Å². The number of primary amides is 1. The fraction of sp³-hybridized carbons (Fsp3) is 0.429. The van der Waals surface area contributed by atoms with Gasteiger partial charge in [0.25, 0.3) is 0 Å². The summed E-state index contributed by atoms with van der Waals surface area (Å²) in [5, 5.41) is 12.1. The average Bonchev–Trinajstić information content (AvgIpc) is 2.37. The van der Waals surface area contributed by atoms with Gasteiger partial charge in [0.1, 0.15) is 11.8 Å². The SMILES string of the molecule is COc1ccc(CNC(C(N)=O)C(C)C)cc1C#N. The summed E-state index contributed by atoms with van der Waals surface area (Å²) in [7, 11) is 1.52. The highest BCUT2D eigenvalue weighted by Gasteiger charge is 2.18. The lowest BCUT2D eigenvalue weighted by molar-refractivity contribution is -0.121. The van der Waals surface area contributed by atoms with Crippen LogP contribution in [0.5, 0.6) is 5.75 Å². The minimum Gasteiger partial charge on any atom is -0.495 e. The van der Waals surface area contributed by atoms with Crippen molar-refractivity contribution in [2.45, 2.75) is 26.4 Å². The largest absolute Gasteiger partial charge is 0.495 e. The first kappa shape index (κ1) is 15.0. The van der Waals surface area contributed by atoms with Gasteiger partial charge in [-0.1, -0.05) is 19.9 Å². The Labute approximate surface area is 113 Å². The lowest BCUT2D eigenvalue weighted by Gasteiger charge is -2.19. The lowest BCUT2D eigenvalue weighted by Crippen LogP contribution is -2.44. The molecule has 0 aliphatic carbocycles. The zero-order valence-electron chi connectivity index (χ0n) is 11.4. The summed E-state index contributed by atoms with van der Waals surface area (Å²) in [6, 6.07) is 7.03. The van der Waals surface area contributed by atoms with Crippen LogP contribution in [0.15, 0.2) is 18.2 Å². The van der Waals surface area contributed by atoms with Crippen LogP contribution in [-0.2, 0) is 11.3 Å². The molecule has 1 aromatic rings. The van der Waals surface area contributed by atoms with Gasteiger partial charge in [0.2, 0.25) is 5.91 Å². The van der Waals surface area contributed by atoms with Crippen molar-refractivity contribution in [2.24, 2.45) is 11.7 Å². The number of hydrogen-bond donors (Lipinski definition) is 2. The Morgan fingerprint density at radius 2 is 2.21 bits per heavy atom. The molecule has 0 fully saturated rings. The predicted octanol–water partition coefficient (Wildman–Crippen LogP) is 1.17. The van der Waals surface area contributed by atoms with E-state index in [0.29, 0.717) is 17.9 Å². The molecule has 0 heterocycles. The minimum absolute atomic E-state index is 0.117. The second-order valence-corrected chi connectivity index (χ2v) is 4.65. The number of methoxy groups -OCH3 is 1. The number of rotatable bonds is 6. The Bertz CT molecular complexity index is 492. The van der Waals surface area contributed by atoms with Crippen LogP contribution in [0.2, 0.25) is 0 Å². The molecule has 0 aromatic heterocycles. The number of benzene rings is 1. The first-order chi connectivity index (χ1) is 8.99. The van der Waals surface area contributed by atoms with Crippen LogP contribution in [0.4, 0.5) is 0 Å². The van der Waals surface area contributed by atoms with Crippen LogP contribution < -0.4 is 15.8 Å². The molecule has 0 spiro atoms. The number of nitriles is 1. The first-order valence-corrected chi connectivity index (χ1v) is 6.09. The van der Waals surface area contributed by atoms with E-state index in [1.807, 2.05) is 19.9 Å². The summed E-state index contributed by atoms with van der Waals surface area (Å²) in [5.74, 6) is 0.289. The lowest BCUT2D eigenvalue weighted by atomic mass is 10.0. The van der Waals surface area contributed by atoms with Crippen molar-refractivity contribution in [2.75, 3.05) is 7.11 Å². The van der Waals surface area contributed by atoms with Crippen LogP contribution in [0.25, 0.3) is 0 Å². The normalized spacial score (nSPS) is 11.9. The van der Waals surface area contributed by atoms with Crippen LogP contribution in [0.3, 0.4) is 0 Å². The highest BCUT2D eigenvalue weighted by Crippen LogP contribution is 2.18. The van der Waals surface area contributed by atoms with E-state index in [-0.39, 0.29) is 17.9 Å². The zero-order chi connectivity index (χ0) is 14.4. The van der Waals surface area contributed by atoms with E-state index in [1.54, 1.807) is 12.1 Å². The molecule has 0 radical (unpaired) electrons. The van der Waals surface area contributed by atoms with Gasteiger partial charge in [-0.15, -0.1) is 0 Å². The van der Waals surface area contributed by atoms with E-state index in [9.17, 15) is 4.79 Å². The molecule has 0 bridgehead atoms. The quantitative estimate of drug-likeness (QED) is 0.804. The molecule has 1 atom stereocenters. The third kappa shape index (κ3) is 3.97. The van der Waals surface area contributed by atoms with Crippen molar-refractivity contribution in [3.63, 3.8) is 0 Å². The first-order valence-electron chi connectivity index (χ1n) is 6.09. The summed E-state index contributed by atoms with van der Waals surface area (Å²) in [6.45, 7) is 4.33. The van der Waals surface area contributed by atoms with Crippen molar-refractivity contribution in [3.8, 4) is 11.8 Å². The number of nitrogens with zero attached hydrogens (tertiary/aromatic N) is 1. The number of carbonyl (C=O) groups is 1. The number of ether oxygens (including phenoxy) is 1. The number of amides is 1. The molecular formula is C14H19N3O2. The van der Waals surface area contributed by atoms with Crippen molar-refractivity contribution in [1.82, 2.24) is 5.32 Å². The van der Waals surface area contributed by atoms with Crippen molar-refractivity contribution in [1.29, 1.82) is 5.26 Å². The summed E-state index contributed by atoms with van der Waals surface area (Å²) < 4.78 is 5.08. The summed E-state index contributed by atoms with van der Waals surface area (Å²) in [4.78, 5) is 11.3. The third-order valence-electron chi connectivity index (χ3n) is 2.88. The van der Waals surface area contributed by atoms with Gasteiger partial charge < -0.3 is 15.8 Å². The highest BCUT2D eigenvalue weighted by atomic mass is 16.5. The average molecular weight is 261 g/mol. The van der Waals surface area contributed by atoms with Crippen molar-refractivity contribution in [3.05, 3.63) is 29.3 Å². The van der Waals surface area contributed by atoms with Gasteiger partial charge in [-0.25, -0.2) is 0 Å². The number of carbonyl (C=O) groups excluding carboxylic acids is 1. The molecule has 0 saturated heterocycles. The molecule has 5 heteroatoms. The molecule has 1 unspecified atom stereocenters. The Kier molecular flexibility index (Phi) is 5.34. The summed E-state index contributed by atoms with van der Waals surface area (Å²) in [5.41, 5.74) is 6.71. The van der Waals surface area contributed by atoms with E-state index < -0.39 is 0 Å². The molecule has 102 valence electrons. The molecule has 19 heavy (non-hydrogen) atoms. The van der Waals surface area contributed by atoms with E-state index in [4.69, 9.17) is 15.7 Å². The second-order valence-electron chi connectivity index (χ2n) is 4.65. The van der Waals surface area contributed by atoms with Crippen LogP contribution >= 0.6 is 0 Å². The zero-order valence-corrected chi connectivity index (χ0v) is 11.4. The number of nitrogens with two attached hydrogens (primary N) is 1. The van der Waals surface area contributed by atoms with E-state index >= 15 is 0 Å². The molecule has 1 aromatic carbocycles. The Morgan fingerprint density at radius 3 is 2.68 bits per heavy atom. The number of hydrogen-bond acceptors (Lipinski definition) is 4. The van der Waals surface area contributed by atoms with Crippen molar-refractivity contribution >= 4 is 5.91 Å². The van der Waals surface area contributed by atoms with Gasteiger partial charge in [-0.05, 0) is 23.6 Å². The van der Waals surface area contributed by atoms with Crippen LogP contribution in [-0.4, -0.2) is 19.1 Å². The van der Waals surface area contributed by atoms with E-state index in [1.165, 1.54) is 7.11 Å². The molecule has 1 rings (SSSR count). The Morgan fingerprint density at radius 1 is 1.53 bits per heavy atom. The maximum atomic E-state index is 11.3. The Hall–Kier alpha value is -2.06. The van der Waals surface area contributed by atoms with Crippen LogP contribution in [0, 0.1) is 17.2 Å². The van der Waals surface area contributed by atoms with Gasteiger partial charge in [0, 0.05) is 6.54 Å². The highest BCUT2D eigenvalue weighted by molar-refractivity contribution is 5.80. The molecule has 1 amide bonds. The molecule has 0 saturated carbocycles. The van der Waals surface area contributed by atoms with Gasteiger partial charge >= 0.3 is 0 Å². The number of nitrogens with one attached hydrogen (secondary N) is 1. The summed E-state index contributed by atoms with van der Waals surface area (Å²) >= 11 is 0. The molecule has 3 N–H and O–H groups in total.